The van der Waals surface area contributed by atoms with Crippen molar-refractivity contribution in [2.24, 2.45) is 23.7 Å². The summed E-state index contributed by atoms with van der Waals surface area (Å²) in [5, 5.41) is 11.7. The molecule has 28 heavy (non-hydrogen) atoms. The van der Waals surface area contributed by atoms with Crippen molar-refractivity contribution in [3.8, 4) is 0 Å². The van der Waals surface area contributed by atoms with Crippen molar-refractivity contribution in [3.05, 3.63) is 11.6 Å². The van der Waals surface area contributed by atoms with Gasteiger partial charge in [-0.15, -0.1) is 0 Å². The summed E-state index contributed by atoms with van der Waals surface area (Å²) < 4.78 is 5.53. The third-order valence-electron chi connectivity index (χ3n) is 8.10. The van der Waals surface area contributed by atoms with Gasteiger partial charge in [-0.2, -0.15) is 0 Å². The van der Waals surface area contributed by atoms with Gasteiger partial charge in [0.2, 0.25) is 0 Å². The molecule has 4 heteroatoms. The predicted octanol–water partition coefficient (Wildman–Crippen LogP) is 4.56. The first kappa shape index (κ1) is 21.8. The second-order valence-electron chi connectivity index (χ2n) is 10.1. The highest BCUT2D eigenvalue weighted by atomic mass is 16.5. The molecule has 0 unspecified atom stereocenters. The highest BCUT2D eigenvalue weighted by molar-refractivity contribution is 5.66. The van der Waals surface area contributed by atoms with Gasteiger partial charge in [0.1, 0.15) is 6.10 Å². The Labute approximate surface area is 171 Å². The van der Waals surface area contributed by atoms with Crippen LogP contribution in [0.4, 0.5) is 0 Å². The van der Waals surface area contributed by atoms with Gasteiger partial charge in [-0.3, -0.25) is 4.79 Å². The van der Waals surface area contributed by atoms with Gasteiger partial charge in [-0.05, 0) is 63.0 Å². The standard InChI is InChI=1S/C24H41NO3/c1-16-13-22-21(17(2)15-25(5)20-9-7-6-8-10-20)12-11-18(3)24(22,27)14-23(16)28-19(4)26/h13,17-18,20-23,27H,6-12,14-15H2,1-5H3/t17-,18-,21+,22-,23-,24-/m1/s1. The molecule has 3 aliphatic rings. The Hall–Kier alpha value is -0.870. The highest BCUT2D eigenvalue weighted by Crippen LogP contribution is 2.51. The molecule has 0 spiro atoms. The summed E-state index contributed by atoms with van der Waals surface area (Å²) in [6.45, 7) is 9.17. The van der Waals surface area contributed by atoms with E-state index in [4.69, 9.17) is 4.74 Å². The lowest BCUT2D eigenvalue weighted by Crippen LogP contribution is -2.56. The van der Waals surface area contributed by atoms with Gasteiger partial charge in [0, 0.05) is 31.8 Å². The van der Waals surface area contributed by atoms with E-state index in [1.165, 1.54) is 45.4 Å². The topological polar surface area (TPSA) is 49.8 Å². The number of aliphatic hydroxyl groups is 1. The summed E-state index contributed by atoms with van der Waals surface area (Å²) in [7, 11) is 2.29. The minimum Gasteiger partial charge on any atom is -0.458 e. The average molecular weight is 392 g/mol. The van der Waals surface area contributed by atoms with Gasteiger partial charge in [-0.1, -0.05) is 39.2 Å². The van der Waals surface area contributed by atoms with Gasteiger partial charge in [-0.25, -0.2) is 0 Å². The number of hydrogen-bond donors (Lipinski definition) is 1. The van der Waals surface area contributed by atoms with Gasteiger partial charge in [0.15, 0.2) is 0 Å². The first-order chi connectivity index (χ1) is 13.2. The van der Waals surface area contributed by atoms with E-state index in [0.717, 1.165) is 24.6 Å². The zero-order chi connectivity index (χ0) is 20.5. The van der Waals surface area contributed by atoms with Gasteiger partial charge < -0.3 is 14.7 Å². The zero-order valence-corrected chi connectivity index (χ0v) is 18.6. The molecule has 0 bridgehead atoms. The fourth-order valence-electron chi connectivity index (χ4n) is 6.26. The number of ether oxygens (including phenoxy) is 1. The van der Waals surface area contributed by atoms with E-state index < -0.39 is 5.60 Å². The Morgan fingerprint density at radius 1 is 1.29 bits per heavy atom. The Bertz CT molecular complexity index is 582. The molecule has 0 radical (unpaired) electrons. The normalized spacial score (nSPS) is 37.9. The molecule has 0 aliphatic heterocycles. The Morgan fingerprint density at radius 3 is 2.61 bits per heavy atom. The summed E-state index contributed by atoms with van der Waals surface area (Å²) in [5.74, 6) is 1.17. The first-order valence-corrected chi connectivity index (χ1v) is 11.5. The molecule has 160 valence electrons. The molecule has 4 nitrogen and oxygen atoms in total. The minimum absolute atomic E-state index is 0.165. The molecular formula is C24H41NO3. The summed E-state index contributed by atoms with van der Waals surface area (Å²) in [5.41, 5.74) is 0.344. The number of fused-ring (bicyclic) bond motifs is 1. The molecular weight excluding hydrogens is 350 g/mol. The average Bonchev–Trinajstić information content (AvgIpc) is 2.64. The van der Waals surface area contributed by atoms with Crippen LogP contribution in [0.15, 0.2) is 11.6 Å². The first-order valence-electron chi connectivity index (χ1n) is 11.5. The molecule has 0 amide bonds. The molecule has 0 aromatic heterocycles. The van der Waals surface area contributed by atoms with E-state index in [1.807, 2.05) is 0 Å². The van der Waals surface area contributed by atoms with Crippen molar-refractivity contribution in [1.82, 2.24) is 4.90 Å². The molecule has 0 saturated heterocycles. The third kappa shape index (κ3) is 4.48. The number of carbonyl (C=O) groups excluding carboxylic acids is 1. The van der Waals surface area contributed by atoms with Crippen molar-refractivity contribution < 1.29 is 14.6 Å². The van der Waals surface area contributed by atoms with Crippen LogP contribution in [0.2, 0.25) is 0 Å². The summed E-state index contributed by atoms with van der Waals surface area (Å²) in [4.78, 5) is 14.1. The van der Waals surface area contributed by atoms with Crippen LogP contribution < -0.4 is 0 Å². The molecule has 0 heterocycles. The van der Waals surface area contributed by atoms with E-state index in [9.17, 15) is 9.90 Å². The number of hydrogen-bond acceptors (Lipinski definition) is 4. The van der Waals surface area contributed by atoms with E-state index in [-0.39, 0.29) is 23.9 Å². The fourth-order valence-corrected chi connectivity index (χ4v) is 6.26. The maximum Gasteiger partial charge on any atom is 0.303 e. The Balaban J connectivity index is 1.74. The fraction of sp³-hybridized carbons (Fsp3) is 0.875. The van der Waals surface area contributed by atoms with Crippen LogP contribution in [-0.2, 0) is 9.53 Å². The predicted molar refractivity (Wildman–Crippen MR) is 113 cm³/mol. The molecule has 1 N–H and O–H groups in total. The van der Waals surface area contributed by atoms with Crippen molar-refractivity contribution in [3.63, 3.8) is 0 Å². The number of nitrogens with zero attached hydrogens (tertiary/aromatic N) is 1. The lowest BCUT2D eigenvalue weighted by Gasteiger charge is -2.53. The second-order valence-corrected chi connectivity index (χ2v) is 10.1. The van der Waals surface area contributed by atoms with Gasteiger partial charge in [0.05, 0.1) is 5.60 Å². The van der Waals surface area contributed by atoms with Crippen LogP contribution in [0.3, 0.4) is 0 Å². The molecule has 2 fully saturated rings. The monoisotopic (exact) mass is 391 g/mol. The largest absolute Gasteiger partial charge is 0.458 e. The van der Waals surface area contributed by atoms with Crippen molar-refractivity contribution >= 4 is 5.97 Å². The summed E-state index contributed by atoms with van der Waals surface area (Å²) >= 11 is 0. The maximum atomic E-state index is 11.7. The SMILES string of the molecule is CC(=O)O[C@@H]1C[C@@]2(O)[C@H](C)CC[C@@H]([C@H](C)CN(C)C3CCCCC3)[C@H]2C=C1C. The van der Waals surface area contributed by atoms with E-state index in [1.54, 1.807) is 0 Å². The molecule has 0 aromatic carbocycles. The molecule has 3 rings (SSSR count). The molecule has 6 atom stereocenters. The minimum atomic E-state index is -0.764. The Morgan fingerprint density at radius 2 is 1.96 bits per heavy atom. The van der Waals surface area contributed by atoms with Crippen LogP contribution >= 0.6 is 0 Å². The lowest BCUT2D eigenvalue weighted by molar-refractivity contribution is -0.159. The summed E-state index contributed by atoms with van der Waals surface area (Å²) in [6, 6.07) is 0.731. The van der Waals surface area contributed by atoms with E-state index in [2.05, 4.69) is 38.8 Å². The molecule has 3 aliphatic carbocycles. The van der Waals surface area contributed by atoms with Crippen LogP contribution in [0.1, 0.15) is 79.1 Å². The number of rotatable bonds is 5. The van der Waals surface area contributed by atoms with Crippen LogP contribution in [0.5, 0.6) is 0 Å². The van der Waals surface area contributed by atoms with Gasteiger partial charge >= 0.3 is 5.97 Å². The lowest BCUT2D eigenvalue weighted by atomic mass is 9.57. The van der Waals surface area contributed by atoms with Crippen molar-refractivity contribution in [2.45, 2.75) is 96.8 Å². The van der Waals surface area contributed by atoms with E-state index in [0.29, 0.717) is 18.3 Å². The van der Waals surface area contributed by atoms with Gasteiger partial charge in [0.25, 0.3) is 0 Å². The smallest absolute Gasteiger partial charge is 0.303 e. The maximum absolute atomic E-state index is 11.7. The third-order valence-corrected chi connectivity index (χ3v) is 8.10. The zero-order valence-electron chi connectivity index (χ0n) is 18.6. The van der Waals surface area contributed by atoms with Crippen molar-refractivity contribution in [1.29, 1.82) is 0 Å². The Kier molecular flexibility index (Phi) is 6.92. The quantitative estimate of drug-likeness (QED) is 0.551. The summed E-state index contributed by atoms with van der Waals surface area (Å²) in [6.07, 6.45) is 11.5. The van der Waals surface area contributed by atoms with Crippen LogP contribution in [-0.4, -0.2) is 47.3 Å². The number of esters is 1. The van der Waals surface area contributed by atoms with Crippen LogP contribution in [0, 0.1) is 23.7 Å². The number of carbonyl (C=O) groups is 1. The van der Waals surface area contributed by atoms with Crippen LogP contribution in [0.25, 0.3) is 0 Å². The molecule has 0 aromatic rings. The highest BCUT2D eigenvalue weighted by Gasteiger charge is 2.52. The van der Waals surface area contributed by atoms with Crippen molar-refractivity contribution in [2.75, 3.05) is 13.6 Å². The molecule has 2 saturated carbocycles. The second kappa shape index (κ2) is 8.87. The van der Waals surface area contributed by atoms with E-state index >= 15 is 0 Å².